The Morgan fingerprint density at radius 3 is 2.83 bits per heavy atom. The highest BCUT2D eigenvalue weighted by Gasteiger charge is 2.01. The smallest absolute Gasteiger partial charge is 0.240 e. The van der Waals surface area contributed by atoms with Gasteiger partial charge in [-0.15, -0.1) is 11.3 Å². The lowest BCUT2D eigenvalue weighted by atomic mass is 10.1. The van der Waals surface area contributed by atoms with Gasteiger partial charge in [-0.05, 0) is 49.6 Å². The monoisotopic (exact) mass is 265 g/mol. The summed E-state index contributed by atoms with van der Waals surface area (Å²) in [4.78, 5) is 1.32. The van der Waals surface area contributed by atoms with Crippen LogP contribution in [0.15, 0.2) is 30.1 Å². The van der Waals surface area contributed by atoms with Crippen LogP contribution in [0.2, 0.25) is 0 Å². The van der Waals surface area contributed by atoms with Crippen molar-refractivity contribution in [2.24, 2.45) is 7.05 Å². The molecule has 0 spiro atoms. The van der Waals surface area contributed by atoms with E-state index in [1.54, 1.807) is 11.3 Å². The first-order valence-electron chi connectivity index (χ1n) is 7.22. The summed E-state index contributed by atoms with van der Waals surface area (Å²) in [6, 6.07) is 2.03. The topological polar surface area (TPSA) is 8.81 Å². The highest BCUT2D eigenvalue weighted by molar-refractivity contribution is 7.10. The second-order valence-electron chi connectivity index (χ2n) is 4.93. The maximum absolute atomic E-state index is 7.61. The van der Waals surface area contributed by atoms with Crippen molar-refractivity contribution in [1.29, 1.82) is 0 Å². The van der Waals surface area contributed by atoms with Crippen molar-refractivity contribution in [2.75, 3.05) is 0 Å². The van der Waals surface area contributed by atoms with Gasteiger partial charge in [0.15, 0.2) is 0 Å². The summed E-state index contributed by atoms with van der Waals surface area (Å²) < 4.78 is 11.9. The minimum Gasteiger partial charge on any atom is -0.240 e. The van der Waals surface area contributed by atoms with Gasteiger partial charge in [-0.3, -0.25) is 0 Å². The second-order valence-corrected chi connectivity index (χ2v) is 5.98. The molecule has 0 saturated carbocycles. The van der Waals surface area contributed by atoms with Crippen LogP contribution in [-0.4, -0.2) is 4.57 Å². The van der Waals surface area contributed by atoms with Gasteiger partial charge in [0.25, 0.3) is 0 Å². The molecule has 98 valence electrons. The first kappa shape index (κ1) is 12.0. The van der Waals surface area contributed by atoms with Crippen LogP contribution in [0, 0.1) is 6.92 Å². The maximum atomic E-state index is 7.61. The van der Waals surface area contributed by atoms with Gasteiger partial charge < -0.3 is 0 Å². The van der Waals surface area contributed by atoms with Crippen LogP contribution in [0.1, 0.15) is 37.5 Å². The summed E-state index contributed by atoms with van der Waals surface area (Å²) in [5, 5.41) is 0.702. The van der Waals surface area contributed by atoms with E-state index < -0.39 is 0 Å². The van der Waals surface area contributed by atoms with Crippen molar-refractivity contribution < 1.29 is 5.94 Å². The third-order valence-electron chi connectivity index (χ3n) is 3.33. The zero-order valence-electron chi connectivity index (χ0n) is 12.4. The molecule has 0 N–H and O–H groups in total. The fourth-order valence-corrected chi connectivity index (χ4v) is 2.87. The average Bonchev–Trinajstić information content (AvgIpc) is 2.90. The first-order chi connectivity index (χ1) is 9.15. The molecule has 0 aliphatic rings. The lowest BCUT2D eigenvalue weighted by molar-refractivity contribution is -0.671. The molecule has 0 aromatic carbocycles. The standard InChI is InChI=1S/C15H23N2S/c1-14-15(8-12-18-14)7-5-3-4-6-9-17-11-10-16(2)13-17/h8,10-13H,3-7,9H2,1-2H3/q+1/i12T. The highest BCUT2D eigenvalue weighted by Crippen LogP contribution is 2.17. The van der Waals surface area contributed by atoms with Crippen molar-refractivity contribution in [3.63, 3.8) is 0 Å². The zero-order valence-corrected chi connectivity index (χ0v) is 12.2. The molecule has 2 nitrogen and oxygen atoms in total. The summed E-state index contributed by atoms with van der Waals surface area (Å²) in [5.74, 6) is 0. The number of aryl methyl sites for hydroxylation is 4. The van der Waals surface area contributed by atoms with Gasteiger partial charge in [-0.25, -0.2) is 9.13 Å². The Labute approximate surface area is 115 Å². The van der Waals surface area contributed by atoms with Gasteiger partial charge in [0.2, 0.25) is 6.33 Å². The Kier molecular flexibility index (Phi) is 4.48. The van der Waals surface area contributed by atoms with E-state index in [0.717, 1.165) is 13.0 Å². The summed E-state index contributed by atoms with van der Waals surface area (Å²) in [6.45, 7) is 3.25. The van der Waals surface area contributed by atoms with Crippen molar-refractivity contribution in [3.05, 3.63) is 40.6 Å². The lowest BCUT2D eigenvalue weighted by Crippen LogP contribution is -2.23. The molecule has 0 atom stereocenters. The second kappa shape index (κ2) is 6.74. The molecule has 0 aliphatic carbocycles. The molecule has 0 saturated heterocycles. The zero-order chi connectivity index (χ0) is 13.7. The summed E-state index contributed by atoms with van der Waals surface area (Å²) in [5.41, 5.74) is 1.38. The van der Waals surface area contributed by atoms with Crippen LogP contribution in [-0.2, 0) is 20.0 Å². The van der Waals surface area contributed by atoms with Crippen molar-refractivity contribution in [1.82, 2.24) is 4.57 Å². The van der Waals surface area contributed by atoms with Crippen molar-refractivity contribution in [3.8, 4) is 0 Å². The number of imidazole rings is 1. The minimum atomic E-state index is 0.702. The molecule has 0 fully saturated rings. The Morgan fingerprint density at radius 1 is 1.33 bits per heavy atom. The molecular formula is C15H23N2S+. The SMILES string of the molecule is [3H]c1cc(CCCCCCn2cc[n+](C)c2)c(C)s1. The molecule has 2 aromatic heterocycles. The molecule has 0 radical (unpaired) electrons. The van der Waals surface area contributed by atoms with E-state index in [-0.39, 0.29) is 0 Å². The quantitative estimate of drug-likeness (QED) is 0.535. The fourth-order valence-electron chi connectivity index (χ4n) is 2.20. The van der Waals surface area contributed by atoms with Gasteiger partial charge in [-0.2, -0.15) is 0 Å². The maximum Gasteiger partial charge on any atom is 0.243 e. The number of aromatic nitrogens is 2. The third kappa shape index (κ3) is 3.98. The molecule has 18 heavy (non-hydrogen) atoms. The van der Waals surface area contributed by atoms with Crippen LogP contribution in [0.25, 0.3) is 0 Å². The van der Waals surface area contributed by atoms with E-state index >= 15 is 0 Å². The van der Waals surface area contributed by atoms with Crippen LogP contribution in [0.5, 0.6) is 0 Å². The molecule has 0 unspecified atom stereocenters. The van der Waals surface area contributed by atoms with Gasteiger partial charge in [0, 0.05) is 4.88 Å². The average molecular weight is 265 g/mol. The third-order valence-corrected chi connectivity index (χ3v) is 4.14. The summed E-state index contributed by atoms with van der Waals surface area (Å²) >= 11 is 1.60. The molecule has 0 aliphatic heterocycles. The van der Waals surface area contributed by atoms with E-state index in [1.165, 1.54) is 36.1 Å². The van der Waals surface area contributed by atoms with E-state index in [2.05, 4.69) is 41.8 Å². The Hall–Kier alpha value is -1.09. The number of unbranched alkanes of at least 4 members (excludes halogenated alkanes) is 3. The van der Waals surface area contributed by atoms with Crippen molar-refractivity contribution >= 4 is 11.3 Å². The van der Waals surface area contributed by atoms with E-state index in [1.807, 2.05) is 6.07 Å². The van der Waals surface area contributed by atoms with E-state index in [9.17, 15) is 0 Å². The number of nitrogens with zero attached hydrogens (tertiary/aromatic N) is 2. The summed E-state index contributed by atoms with van der Waals surface area (Å²) in [6.07, 6.45) is 12.6. The molecule has 2 aromatic rings. The van der Waals surface area contributed by atoms with Gasteiger partial charge in [-0.1, -0.05) is 6.42 Å². The predicted molar refractivity (Wildman–Crippen MR) is 76.8 cm³/mol. The molecule has 2 rings (SSSR count). The number of thiophene rings is 1. The molecular weight excluding hydrogens is 240 g/mol. The van der Waals surface area contributed by atoms with Gasteiger partial charge in [0.1, 0.15) is 12.4 Å². The molecule has 2 heterocycles. The van der Waals surface area contributed by atoms with E-state index in [0.29, 0.717) is 5.36 Å². The first-order valence-corrected chi connectivity index (χ1v) is 7.54. The Bertz CT molecular complexity index is 516. The lowest BCUT2D eigenvalue weighted by Gasteiger charge is -2.01. The van der Waals surface area contributed by atoms with E-state index in [4.69, 9.17) is 1.37 Å². The number of rotatable bonds is 7. The van der Waals surface area contributed by atoms with Crippen LogP contribution >= 0.6 is 11.3 Å². The van der Waals surface area contributed by atoms with Crippen LogP contribution in [0.3, 0.4) is 0 Å². The number of hydrogen-bond donors (Lipinski definition) is 0. The van der Waals surface area contributed by atoms with Gasteiger partial charge in [0.05, 0.1) is 15.0 Å². The molecule has 3 heteroatoms. The normalized spacial score (nSPS) is 11.8. The van der Waals surface area contributed by atoms with Crippen molar-refractivity contribution in [2.45, 2.75) is 45.6 Å². The van der Waals surface area contributed by atoms with Crippen LogP contribution in [0.4, 0.5) is 0 Å². The Balaban J connectivity index is 1.58. The van der Waals surface area contributed by atoms with Gasteiger partial charge >= 0.3 is 0 Å². The minimum absolute atomic E-state index is 0.702. The van der Waals surface area contributed by atoms with Crippen LogP contribution < -0.4 is 4.57 Å². The Morgan fingerprint density at radius 2 is 2.17 bits per heavy atom. The fraction of sp³-hybridized carbons (Fsp3) is 0.533. The number of hydrogen-bond acceptors (Lipinski definition) is 1. The summed E-state index contributed by atoms with van der Waals surface area (Å²) in [7, 11) is 2.06. The predicted octanol–water partition coefficient (Wildman–Crippen LogP) is 3.49. The largest absolute Gasteiger partial charge is 0.243 e. The highest BCUT2D eigenvalue weighted by atomic mass is 32.1. The molecule has 0 bridgehead atoms. The molecule has 0 amide bonds.